The van der Waals surface area contributed by atoms with Gasteiger partial charge in [0, 0.05) is 30.8 Å². The Morgan fingerprint density at radius 2 is 1.90 bits per heavy atom. The molecule has 3 aliphatic heterocycles. The molecule has 0 aromatic carbocycles. The highest BCUT2D eigenvalue weighted by atomic mass is 16.9. The monoisotopic (exact) mass is 586 g/mol. The van der Waals surface area contributed by atoms with Crippen LogP contribution in [-0.4, -0.2) is 86.5 Å². The minimum Gasteiger partial charge on any atom is -0.459 e. The van der Waals surface area contributed by atoms with Crippen LogP contribution in [0.1, 0.15) is 60.3 Å². The molecule has 0 aromatic rings. The molecule has 5 fully saturated rings. The number of Topliss-reactive ketones (excluding diaryl/α,β-unsaturated/α-hetero) is 1. The number of unbranched alkanes of at least 4 members (excludes halogenated alkanes) is 3. The van der Waals surface area contributed by atoms with Gasteiger partial charge in [-0.1, -0.05) is 57.6 Å². The van der Waals surface area contributed by atoms with Crippen molar-refractivity contribution in [2.24, 2.45) is 17.8 Å². The lowest BCUT2D eigenvalue weighted by molar-refractivity contribution is -0.407. The number of ether oxygens (including phenoxy) is 5. The third-order valence-corrected chi connectivity index (χ3v) is 10.6. The van der Waals surface area contributed by atoms with Crippen LogP contribution in [0.25, 0.3) is 0 Å². The standard InChI is InChI=1S/C32H42O10/c1-7-8-9-10-11-12-13-14-29-40-26-22-25-28(16-33,39-25)27(36)30(37)21(15-18(4)23(30)35)32(22,42-29)19(5)24(38-20(6)34)31(26,41-29)17(2)3/h11-15,19,21-22,24-27,33,36-37H,2,7-10,16H2,1,3-6H3/b12-11+,14-13+/t19-,21-,22+,24-,25-,26-,27-,28+,29+,30-,31+,32+/m1/s1. The summed E-state index contributed by atoms with van der Waals surface area (Å²) in [6.45, 7) is 12.2. The zero-order valence-electron chi connectivity index (χ0n) is 24.9. The van der Waals surface area contributed by atoms with Crippen molar-refractivity contribution in [3.8, 4) is 0 Å². The normalized spacial score (nSPS) is 50.0. The van der Waals surface area contributed by atoms with Gasteiger partial charge in [0.15, 0.2) is 17.0 Å². The average molecular weight is 587 g/mol. The Labute approximate surface area is 246 Å². The Hall–Kier alpha value is -2.18. The second-order valence-corrected chi connectivity index (χ2v) is 12.9. The fourth-order valence-electron chi connectivity index (χ4n) is 8.66. The number of aliphatic hydroxyl groups excluding tert-OH is 2. The van der Waals surface area contributed by atoms with E-state index in [0.717, 1.165) is 25.7 Å². The zero-order chi connectivity index (χ0) is 30.5. The molecule has 0 spiro atoms. The average Bonchev–Trinajstić information content (AvgIpc) is 3.57. The maximum Gasteiger partial charge on any atom is 0.307 e. The van der Waals surface area contributed by atoms with Gasteiger partial charge in [-0.25, -0.2) is 0 Å². The number of ketones is 1. The summed E-state index contributed by atoms with van der Waals surface area (Å²) in [6.07, 6.45) is 8.71. The van der Waals surface area contributed by atoms with Crippen LogP contribution in [0.3, 0.4) is 0 Å². The van der Waals surface area contributed by atoms with Crippen molar-refractivity contribution in [3.63, 3.8) is 0 Å². The second-order valence-electron chi connectivity index (χ2n) is 12.9. The predicted molar refractivity (Wildman–Crippen MR) is 149 cm³/mol. The first-order valence-electron chi connectivity index (χ1n) is 15.0. The number of carbonyl (C=O) groups is 2. The van der Waals surface area contributed by atoms with Crippen LogP contribution in [0, 0.1) is 17.8 Å². The number of carbonyl (C=O) groups excluding carboxylic acids is 2. The van der Waals surface area contributed by atoms with E-state index in [4.69, 9.17) is 23.7 Å². The molecule has 230 valence electrons. The van der Waals surface area contributed by atoms with Gasteiger partial charge < -0.3 is 39.0 Å². The molecule has 3 bridgehead atoms. The number of fused-ring (bicyclic) bond motifs is 3. The van der Waals surface area contributed by atoms with Crippen LogP contribution in [-0.2, 0) is 33.3 Å². The first-order chi connectivity index (χ1) is 19.8. The zero-order valence-corrected chi connectivity index (χ0v) is 24.9. The molecule has 0 amide bonds. The summed E-state index contributed by atoms with van der Waals surface area (Å²) in [5.41, 5.74) is -6.12. The summed E-state index contributed by atoms with van der Waals surface area (Å²) < 4.78 is 32.4. The highest BCUT2D eigenvalue weighted by molar-refractivity contribution is 6.05. The second kappa shape index (κ2) is 9.66. The third-order valence-electron chi connectivity index (χ3n) is 10.6. The molecular formula is C32H42O10. The Kier molecular flexibility index (Phi) is 6.87. The van der Waals surface area contributed by atoms with Crippen LogP contribution in [0.5, 0.6) is 0 Å². The van der Waals surface area contributed by atoms with E-state index in [9.17, 15) is 24.9 Å². The van der Waals surface area contributed by atoms with Gasteiger partial charge >= 0.3 is 11.9 Å². The van der Waals surface area contributed by atoms with E-state index < -0.39 is 88.9 Å². The molecule has 10 nitrogen and oxygen atoms in total. The molecule has 0 radical (unpaired) electrons. The highest BCUT2D eigenvalue weighted by Gasteiger charge is 2.90. The molecule has 2 saturated carbocycles. The minimum atomic E-state index is -2.38. The van der Waals surface area contributed by atoms with E-state index in [2.05, 4.69) is 13.5 Å². The molecule has 3 saturated heterocycles. The van der Waals surface area contributed by atoms with Crippen molar-refractivity contribution in [2.45, 2.75) is 113 Å². The van der Waals surface area contributed by atoms with Crippen LogP contribution >= 0.6 is 0 Å². The van der Waals surface area contributed by atoms with Crippen molar-refractivity contribution in [3.05, 3.63) is 48.1 Å². The van der Waals surface area contributed by atoms with Gasteiger partial charge in [0.25, 0.3) is 0 Å². The quantitative estimate of drug-likeness (QED) is 0.121. The summed E-state index contributed by atoms with van der Waals surface area (Å²) in [5.74, 6) is -5.58. The van der Waals surface area contributed by atoms with Gasteiger partial charge in [-0.3, -0.25) is 9.59 Å². The maximum absolute atomic E-state index is 13.7. The summed E-state index contributed by atoms with van der Waals surface area (Å²) in [6, 6.07) is 0. The van der Waals surface area contributed by atoms with E-state index in [0.29, 0.717) is 5.57 Å². The van der Waals surface area contributed by atoms with Gasteiger partial charge in [-0.2, -0.15) is 0 Å². The molecule has 0 aromatic heterocycles. The molecule has 3 N–H and O–H groups in total. The summed E-state index contributed by atoms with van der Waals surface area (Å²) in [4.78, 5) is 26.2. The van der Waals surface area contributed by atoms with Crippen molar-refractivity contribution in [2.75, 3.05) is 6.61 Å². The number of esters is 1. The number of aliphatic hydroxyl groups is 3. The summed E-state index contributed by atoms with van der Waals surface area (Å²) in [5, 5.41) is 34.4. The Morgan fingerprint density at radius 1 is 1.17 bits per heavy atom. The van der Waals surface area contributed by atoms with Gasteiger partial charge in [0.1, 0.15) is 30.0 Å². The first-order valence-corrected chi connectivity index (χ1v) is 15.0. The van der Waals surface area contributed by atoms with Gasteiger partial charge in [-0.15, -0.1) is 0 Å². The minimum absolute atomic E-state index is 0.248. The molecule has 0 unspecified atom stereocenters. The fraction of sp³-hybridized carbons (Fsp3) is 0.688. The molecule has 12 atom stereocenters. The summed E-state index contributed by atoms with van der Waals surface area (Å²) >= 11 is 0. The van der Waals surface area contributed by atoms with E-state index in [1.807, 2.05) is 19.1 Å². The van der Waals surface area contributed by atoms with Crippen molar-refractivity contribution in [1.82, 2.24) is 0 Å². The molecule has 42 heavy (non-hydrogen) atoms. The van der Waals surface area contributed by atoms with E-state index in [1.54, 1.807) is 32.1 Å². The summed E-state index contributed by atoms with van der Waals surface area (Å²) in [7, 11) is 0. The number of epoxide rings is 1. The fourth-order valence-corrected chi connectivity index (χ4v) is 8.66. The molecule has 3 aliphatic carbocycles. The topological polar surface area (TPSA) is 144 Å². The lowest BCUT2D eigenvalue weighted by atomic mass is 9.53. The number of hydrogen-bond acceptors (Lipinski definition) is 10. The molecule has 3 heterocycles. The predicted octanol–water partition coefficient (Wildman–Crippen LogP) is 2.41. The van der Waals surface area contributed by atoms with Crippen LogP contribution in [0.2, 0.25) is 0 Å². The van der Waals surface area contributed by atoms with E-state index >= 15 is 0 Å². The Bertz CT molecular complexity index is 1290. The molecule has 6 aliphatic rings. The largest absolute Gasteiger partial charge is 0.459 e. The van der Waals surface area contributed by atoms with Gasteiger partial charge in [-0.05, 0) is 37.8 Å². The van der Waals surface area contributed by atoms with Crippen molar-refractivity contribution >= 4 is 11.8 Å². The maximum atomic E-state index is 13.7. The molecular weight excluding hydrogens is 544 g/mol. The van der Waals surface area contributed by atoms with Crippen LogP contribution in [0.4, 0.5) is 0 Å². The lowest BCUT2D eigenvalue weighted by Gasteiger charge is -2.61. The smallest absolute Gasteiger partial charge is 0.307 e. The van der Waals surface area contributed by atoms with E-state index in [-0.39, 0.29) is 5.57 Å². The van der Waals surface area contributed by atoms with E-state index in [1.165, 1.54) is 6.92 Å². The Morgan fingerprint density at radius 3 is 2.55 bits per heavy atom. The SMILES string of the molecule is C=C(C)[C@@]12O[C@]3(/C=C/C=C/CCCCC)O[C@@H]1[C@@H]1[C@H]4O[C@]4(CO)[C@@H](O)[C@]4(O)C(=O)C(C)=C[C@H]4[C@@]1(O3)[C@H](C)[C@H]2OC(C)=O. The van der Waals surface area contributed by atoms with Crippen LogP contribution in [0.15, 0.2) is 48.1 Å². The van der Waals surface area contributed by atoms with Gasteiger partial charge in [0.05, 0.1) is 12.2 Å². The Balaban J connectivity index is 1.55. The first kappa shape index (κ1) is 29.9. The molecule has 6 rings (SSSR count). The van der Waals surface area contributed by atoms with Gasteiger partial charge in [0.2, 0.25) is 0 Å². The molecule has 10 heteroatoms. The number of hydrogen-bond donors (Lipinski definition) is 3. The van der Waals surface area contributed by atoms with Crippen molar-refractivity contribution < 1.29 is 48.6 Å². The third kappa shape index (κ3) is 3.51. The lowest BCUT2D eigenvalue weighted by Crippen LogP contribution is -2.76. The number of rotatable bonds is 9. The van der Waals surface area contributed by atoms with Crippen molar-refractivity contribution in [1.29, 1.82) is 0 Å². The highest BCUT2D eigenvalue weighted by Crippen LogP contribution is 2.73. The van der Waals surface area contributed by atoms with Crippen LogP contribution < -0.4 is 0 Å². The number of allylic oxidation sites excluding steroid dienone is 3.